The molecule has 5 aromatic carbocycles. The average molecular weight is 522 g/mol. The second-order valence-corrected chi connectivity index (χ2v) is 12.1. The fourth-order valence-electron chi connectivity index (χ4n) is 4.86. The second-order valence-electron chi connectivity index (χ2n) is 9.05. The van der Waals surface area contributed by atoms with Crippen molar-refractivity contribution in [3.8, 4) is 22.6 Å². The highest BCUT2D eigenvalue weighted by Crippen LogP contribution is 2.58. The molecule has 0 bridgehead atoms. The van der Waals surface area contributed by atoms with Gasteiger partial charge in [0.25, 0.3) is 0 Å². The number of carbonyl (C=O) groups is 1. The Kier molecular flexibility index (Phi) is 5.92. The number of carbonyl (C=O) groups excluding carboxylic acids is 1. The molecule has 1 atom stereocenters. The maximum atomic E-state index is 12.4. The first kappa shape index (κ1) is 23.6. The minimum absolute atomic E-state index is 0.129. The number of hydrogen-bond donors (Lipinski definition) is 1. The molecule has 4 nitrogen and oxygen atoms in total. The maximum Gasteiger partial charge on any atom is 0.366 e. The molecule has 6 heteroatoms. The normalized spacial score (nSPS) is 14.5. The Labute approximate surface area is 220 Å². The van der Waals surface area contributed by atoms with Crippen LogP contribution in [0.5, 0.6) is 11.5 Å². The van der Waals surface area contributed by atoms with Crippen LogP contribution in [-0.4, -0.2) is 5.78 Å². The number of Topliss-reactive ketones (excluding diaryl/α,β-unsaturated/α-hetero) is 1. The molecule has 0 amide bonds. The molecular formula is C31H24NO3PS. The van der Waals surface area contributed by atoms with Crippen LogP contribution in [0.1, 0.15) is 18.5 Å². The number of hydrogen-bond acceptors (Lipinski definition) is 4. The lowest BCUT2D eigenvalue weighted by Gasteiger charge is -2.28. The van der Waals surface area contributed by atoms with E-state index in [-0.39, 0.29) is 5.78 Å². The van der Waals surface area contributed by atoms with E-state index in [0.717, 1.165) is 38.2 Å². The zero-order valence-electron chi connectivity index (χ0n) is 20.2. The Morgan fingerprint density at radius 2 is 1.24 bits per heavy atom. The summed E-state index contributed by atoms with van der Waals surface area (Å²) in [5.74, 6) is 1.16. The van der Waals surface area contributed by atoms with E-state index in [1.54, 1.807) is 0 Å². The second kappa shape index (κ2) is 9.28. The van der Waals surface area contributed by atoms with E-state index in [1.165, 1.54) is 6.92 Å². The van der Waals surface area contributed by atoms with Gasteiger partial charge in [-0.3, -0.25) is 4.79 Å². The predicted octanol–water partition coefficient (Wildman–Crippen LogP) is 8.13. The topological polar surface area (TPSA) is 47.6 Å². The van der Waals surface area contributed by atoms with Gasteiger partial charge >= 0.3 is 6.64 Å². The summed E-state index contributed by atoms with van der Waals surface area (Å²) in [5, 5.41) is 7.71. The van der Waals surface area contributed by atoms with E-state index >= 15 is 0 Å². The molecule has 0 saturated carbocycles. The van der Waals surface area contributed by atoms with Gasteiger partial charge in [-0.15, -0.1) is 0 Å². The highest BCUT2D eigenvalue weighted by atomic mass is 32.5. The van der Waals surface area contributed by atoms with E-state index in [0.29, 0.717) is 17.1 Å². The number of fused-ring (bicyclic) bond motifs is 7. The number of rotatable bonds is 5. The molecular weight excluding hydrogens is 497 g/mol. The Morgan fingerprint density at radius 1 is 0.757 bits per heavy atom. The largest absolute Gasteiger partial charge is 0.424 e. The standard InChI is InChI=1S/C31H24NO3PS/c1-20(21(2)33)31(24-12-4-3-5-13-24)32-36(37)34-27-18-16-22-10-6-8-14-25(22)29(27)30-26-15-9-7-11-23(26)17-19-28(30)35-36/h3-19,31H,1H2,2H3,(H,32,37). The molecule has 1 heterocycles. The summed E-state index contributed by atoms with van der Waals surface area (Å²) >= 11 is 6.12. The van der Waals surface area contributed by atoms with Crippen LogP contribution < -0.4 is 14.1 Å². The summed E-state index contributed by atoms with van der Waals surface area (Å²) in [7, 11) is 0. The summed E-state index contributed by atoms with van der Waals surface area (Å²) in [4.78, 5) is 12.4. The summed E-state index contributed by atoms with van der Waals surface area (Å²) in [6.07, 6.45) is 0. The molecule has 1 aliphatic rings. The Hall–Kier alpha value is -3.76. The van der Waals surface area contributed by atoms with Crippen LogP contribution in [0.15, 0.2) is 115 Å². The number of benzene rings is 5. The van der Waals surface area contributed by atoms with E-state index in [4.69, 9.17) is 20.9 Å². The van der Waals surface area contributed by atoms with Crippen molar-refractivity contribution in [2.45, 2.75) is 13.0 Å². The third-order valence-corrected chi connectivity index (χ3v) is 8.90. The lowest BCUT2D eigenvalue weighted by atomic mass is 9.92. The van der Waals surface area contributed by atoms with Gasteiger partial charge in [0.2, 0.25) is 0 Å². The fraction of sp³-hybridized carbons (Fsp3) is 0.0645. The van der Waals surface area contributed by atoms with Gasteiger partial charge in [-0.2, -0.15) is 0 Å². The third kappa shape index (κ3) is 4.25. The van der Waals surface area contributed by atoms with Gasteiger partial charge in [0.1, 0.15) is 11.5 Å². The predicted molar refractivity (Wildman–Crippen MR) is 155 cm³/mol. The molecule has 1 N–H and O–H groups in total. The first-order valence-corrected chi connectivity index (χ1v) is 14.6. The zero-order valence-corrected chi connectivity index (χ0v) is 21.9. The lowest BCUT2D eigenvalue weighted by Crippen LogP contribution is -2.26. The van der Waals surface area contributed by atoms with Crippen LogP contribution in [0.2, 0.25) is 0 Å². The van der Waals surface area contributed by atoms with Gasteiger partial charge in [0.05, 0.1) is 6.04 Å². The Bertz CT molecular complexity index is 1660. The van der Waals surface area contributed by atoms with Crippen molar-refractivity contribution >= 4 is 45.8 Å². The monoisotopic (exact) mass is 521 g/mol. The van der Waals surface area contributed by atoms with Crippen LogP contribution in [0.4, 0.5) is 0 Å². The van der Waals surface area contributed by atoms with Crippen molar-refractivity contribution in [2.24, 2.45) is 0 Å². The van der Waals surface area contributed by atoms with Crippen molar-refractivity contribution in [2.75, 3.05) is 0 Å². The van der Waals surface area contributed by atoms with Gasteiger partial charge < -0.3 is 9.05 Å². The molecule has 1 unspecified atom stereocenters. The molecule has 0 aliphatic carbocycles. The van der Waals surface area contributed by atoms with Crippen molar-refractivity contribution in [1.82, 2.24) is 5.09 Å². The van der Waals surface area contributed by atoms with Crippen molar-refractivity contribution in [1.29, 1.82) is 0 Å². The third-order valence-electron chi connectivity index (χ3n) is 6.69. The first-order chi connectivity index (χ1) is 17.9. The van der Waals surface area contributed by atoms with Crippen LogP contribution >= 0.6 is 6.64 Å². The average Bonchev–Trinajstić information content (AvgIpc) is 3.05. The fourth-order valence-corrected chi connectivity index (χ4v) is 7.25. The SMILES string of the molecule is C=C(C(C)=O)C(NP1(=S)Oc2ccc3ccccc3c2-c2c(ccc3ccccc23)O1)c1ccccc1. The van der Waals surface area contributed by atoms with Crippen LogP contribution in [0.3, 0.4) is 0 Å². The van der Waals surface area contributed by atoms with Gasteiger partial charge in [-0.1, -0.05) is 97.6 Å². The smallest absolute Gasteiger partial charge is 0.366 e. The van der Waals surface area contributed by atoms with Crippen molar-refractivity contribution in [3.63, 3.8) is 0 Å². The quantitative estimate of drug-likeness (QED) is 0.187. The number of ketones is 1. The van der Waals surface area contributed by atoms with Crippen molar-refractivity contribution < 1.29 is 13.8 Å². The number of nitrogens with one attached hydrogen (secondary N) is 1. The molecule has 0 radical (unpaired) electrons. The Balaban J connectivity index is 1.58. The van der Waals surface area contributed by atoms with E-state index in [1.807, 2.05) is 78.9 Å². The highest BCUT2D eigenvalue weighted by molar-refractivity contribution is 8.09. The first-order valence-electron chi connectivity index (χ1n) is 12.0. The van der Waals surface area contributed by atoms with E-state index in [9.17, 15) is 4.79 Å². The lowest BCUT2D eigenvalue weighted by molar-refractivity contribution is -0.113. The molecule has 182 valence electrons. The highest BCUT2D eigenvalue weighted by Gasteiger charge is 2.35. The van der Waals surface area contributed by atoms with Gasteiger partial charge in [-0.05, 0) is 46.2 Å². The van der Waals surface area contributed by atoms with Crippen LogP contribution in [0, 0.1) is 0 Å². The zero-order chi connectivity index (χ0) is 25.6. The minimum atomic E-state index is -3.22. The summed E-state index contributed by atoms with van der Waals surface area (Å²) in [6, 6.07) is 33.5. The van der Waals surface area contributed by atoms with Crippen molar-refractivity contribution in [3.05, 3.63) is 121 Å². The van der Waals surface area contributed by atoms with Crippen LogP contribution in [-0.2, 0) is 16.6 Å². The summed E-state index contributed by atoms with van der Waals surface area (Å²) in [5.41, 5.74) is 3.14. The summed E-state index contributed by atoms with van der Waals surface area (Å²) < 4.78 is 13.2. The van der Waals surface area contributed by atoms with Gasteiger partial charge in [-0.25, -0.2) is 5.09 Å². The molecule has 0 aromatic heterocycles. The van der Waals surface area contributed by atoms with E-state index < -0.39 is 12.7 Å². The molecule has 5 aromatic rings. The molecule has 1 aliphatic heterocycles. The molecule has 0 saturated heterocycles. The molecule has 37 heavy (non-hydrogen) atoms. The maximum absolute atomic E-state index is 12.4. The van der Waals surface area contributed by atoms with Gasteiger partial charge in [0, 0.05) is 28.5 Å². The van der Waals surface area contributed by atoms with Gasteiger partial charge in [0.15, 0.2) is 5.78 Å². The summed E-state index contributed by atoms with van der Waals surface area (Å²) in [6.45, 7) is 2.35. The van der Waals surface area contributed by atoms with E-state index in [2.05, 4.69) is 35.9 Å². The minimum Gasteiger partial charge on any atom is -0.424 e. The Morgan fingerprint density at radius 3 is 1.76 bits per heavy atom. The van der Waals surface area contributed by atoms with Crippen LogP contribution in [0.25, 0.3) is 32.7 Å². The molecule has 0 fully saturated rings. The molecule has 6 rings (SSSR count). The molecule has 0 spiro atoms.